The number of rotatable bonds is 4. The summed E-state index contributed by atoms with van der Waals surface area (Å²) in [6.07, 6.45) is 2.32. The summed E-state index contributed by atoms with van der Waals surface area (Å²) < 4.78 is 2.20. The fraction of sp³-hybridized carbons (Fsp3) is 0.421. The van der Waals surface area contributed by atoms with Crippen molar-refractivity contribution in [1.29, 1.82) is 0 Å². The molecule has 1 aliphatic rings. The Labute approximate surface area is 147 Å². The number of likely N-dealkylation sites (tertiary alicyclic amines) is 1. The molecule has 25 heavy (non-hydrogen) atoms. The molecule has 6 heteroatoms. The number of nitrogens with zero attached hydrogens (tertiary/aromatic N) is 5. The van der Waals surface area contributed by atoms with Gasteiger partial charge in [-0.2, -0.15) is 0 Å². The average Bonchev–Trinajstić information content (AvgIpc) is 3.20. The molecule has 1 fully saturated rings. The number of hydrogen-bond donors (Lipinski definition) is 1. The van der Waals surface area contributed by atoms with Gasteiger partial charge in [-0.15, -0.1) is 0 Å². The predicted octanol–water partition coefficient (Wildman–Crippen LogP) is 3.05. The minimum absolute atomic E-state index is 0.327. The second kappa shape index (κ2) is 6.44. The van der Waals surface area contributed by atoms with Gasteiger partial charge in [0.1, 0.15) is 17.5 Å². The zero-order chi connectivity index (χ0) is 17.4. The van der Waals surface area contributed by atoms with Crippen LogP contribution >= 0.6 is 0 Å². The SMILES string of the molecule is CNc1cc([C@H]2CCCN2Cc2nc3ccccc3n2C)nc(C)n1. The maximum Gasteiger partial charge on any atom is 0.129 e. The highest BCUT2D eigenvalue weighted by Gasteiger charge is 2.29. The third-order valence-electron chi connectivity index (χ3n) is 5.04. The van der Waals surface area contributed by atoms with Crippen molar-refractivity contribution in [1.82, 2.24) is 24.4 Å². The molecular formula is C19H24N6. The Kier molecular flexibility index (Phi) is 4.13. The highest BCUT2D eigenvalue weighted by atomic mass is 15.2. The lowest BCUT2D eigenvalue weighted by Gasteiger charge is -2.24. The second-order valence-electron chi connectivity index (χ2n) is 6.68. The van der Waals surface area contributed by atoms with Gasteiger partial charge in [-0.05, 0) is 38.4 Å². The number of anilines is 1. The lowest BCUT2D eigenvalue weighted by atomic mass is 10.1. The second-order valence-corrected chi connectivity index (χ2v) is 6.68. The van der Waals surface area contributed by atoms with Crippen molar-refractivity contribution in [3.8, 4) is 0 Å². The van der Waals surface area contributed by atoms with Crippen molar-refractivity contribution >= 4 is 16.9 Å². The van der Waals surface area contributed by atoms with Crippen LogP contribution in [0, 0.1) is 6.92 Å². The number of nitrogens with one attached hydrogen (secondary N) is 1. The summed E-state index contributed by atoms with van der Waals surface area (Å²) in [6, 6.07) is 10.7. The fourth-order valence-corrected chi connectivity index (χ4v) is 3.76. The highest BCUT2D eigenvalue weighted by molar-refractivity contribution is 5.75. The summed E-state index contributed by atoms with van der Waals surface area (Å²) in [5, 5.41) is 3.14. The summed E-state index contributed by atoms with van der Waals surface area (Å²) in [5.74, 6) is 2.81. The average molecular weight is 336 g/mol. The standard InChI is InChI=1S/C19H24N6/c1-13-21-15(11-18(20-2)22-13)17-9-6-10-25(17)12-19-23-14-7-4-5-8-16(14)24(19)3/h4-5,7-8,11,17H,6,9-10,12H2,1-3H3,(H,20,21,22)/t17-/m1/s1. The van der Waals surface area contributed by atoms with Crippen LogP contribution in [0.1, 0.15) is 36.2 Å². The molecule has 1 atom stereocenters. The smallest absolute Gasteiger partial charge is 0.129 e. The Bertz CT molecular complexity index is 900. The van der Waals surface area contributed by atoms with E-state index >= 15 is 0 Å². The molecular weight excluding hydrogens is 312 g/mol. The van der Waals surface area contributed by atoms with Crippen LogP contribution in [-0.2, 0) is 13.6 Å². The molecule has 1 aliphatic heterocycles. The van der Waals surface area contributed by atoms with Gasteiger partial charge in [0.2, 0.25) is 0 Å². The molecule has 6 nitrogen and oxygen atoms in total. The van der Waals surface area contributed by atoms with Gasteiger partial charge >= 0.3 is 0 Å². The Morgan fingerprint density at radius 2 is 2.04 bits per heavy atom. The van der Waals surface area contributed by atoms with Crippen LogP contribution in [0.4, 0.5) is 5.82 Å². The Morgan fingerprint density at radius 1 is 1.20 bits per heavy atom. The van der Waals surface area contributed by atoms with E-state index in [2.05, 4.69) is 51.1 Å². The topological polar surface area (TPSA) is 58.9 Å². The van der Waals surface area contributed by atoms with Crippen LogP contribution in [-0.4, -0.2) is 38.0 Å². The van der Waals surface area contributed by atoms with Gasteiger partial charge in [0.05, 0.1) is 29.3 Å². The van der Waals surface area contributed by atoms with E-state index in [0.29, 0.717) is 6.04 Å². The third-order valence-corrected chi connectivity index (χ3v) is 5.04. The molecule has 0 unspecified atom stereocenters. The predicted molar refractivity (Wildman–Crippen MR) is 99.4 cm³/mol. The zero-order valence-corrected chi connectivity index (χ0v) is 15.0. The quantitative estimate of drug-likeness (QED) is 0.793. The number of fused-ring (bicyclic) bond motifs is 1. The number of hydrogen-bond acceptors (Lipinski definition) is 5. The van der Waals surface area contributed by atoms with Crippen LogP contribution in [0.5, 0.6) is 0 Å². The number of para-hydroxylation sites is 2. The molecule has 2 aromatic heterocycles. The van der Waals surface area contributed by atoms with E-state index in [1.54, 1.807) is 0 Å². The summed E-state index contributed by atoms with van der Waals surface area (Å²) in [6.45, 7) is 3.87. The summed E-state index contributed by atoms with van der Waals surface area (Å²) in [7, 11) is 4.00. The lowest BCUT2D eigenvalue weighted by Crippen LogP contribution is -2.25. The molecule has 0 saturated carbocycles. The minimum Gasteiger partial charge on any atom is -0.373 e. The molecule has 0 aliphatic carbocycles. The van der Waals surface area contributed by atoms with Crippen LogP contribution in [0.15, 0.2) is 30.3 Å². The summed E-state index contributed by atoms with van der Waals surface area (Å²) in [5.41, 5.74) is 3.35. The molecule has 0 spiro atoms. The summed E-state index contributed by atoms with van der Waals surface area (Å²) >= 11 is 0. The maximum atomic E-state index is 4.83. The molecule has 1 aromatic carbocycles. The largest absolute Gasteiger partial charge is 0.373 e. The van der Waals surface area contributed by atoms with E-state index in [9.17, 15) is 0 Å². The van der Waals surface area contributed by atoms with Crippen LogP contribution in [0.3, 0.4) is 0 Å². The first-order chi connectivity index (χ1) is 12.2. The third kappa shape index (κ3) is 2.98. The van der Waals surface area contributed by atoms with Gasteiger partial charge in [0.25, 0.3) is 0 Å². The van der Waals surface area contributed by atoms with Crippen molar-refractivity contribution < 1.29 is 0 Å². The van der Waals surface area contributed by atoms with Crippen molar-refractivity contribution in [2.45, 2.75) is 32.4 Å². The number of aromatic nitrogens is 4. The van der Waals surface area contributed by atoms with E-state index in [0.717, 1.165) is 48.2 Å². The normalized spacial score (nSPS) is 18.1. The maximum absolute atomic E-state index is 4.83. The highest BCUT2D eigenvalue weighted by Crippen LogP contribution is 2.33. The van der Waals surface area contributed by atoms with Crippen molar-refractivity contribution in [3.05, 3.63) is 47.7 Å². The Morgan fingerprint density at radius 3 is 2.84 bits per heavy atom. The van der Waals surface area contributed by atoms with Gasteiger partial charge in [0, 0.05) is 20.2 Å². The van der Waals surface area contributed by atoms with Gasteiger partial charge in [0.15, 0.2) is 0 Å². The van der Waals surface area contributed by atoms with Gasteiger partial charge in [-0.25, -0.2) is 15.0 Å². The Hall–Kier alpha value is -2.47. The van der Waals surface area contributed by atoms with E-state index in [1.165, 1.54) is 11.9 Å². The molecule has 4 rings (SSSR count). The number of imidazole rings is 1. The number of benzene rings is 1. The van der Waals surface area contributed by atoms with Crippen molar-refractivity contribution in [2.75, 3.05) is 18.9 Å². The fourth-order valence-electron chi connectivity index (χ4n) is 3.76. The van der Waals surface area contributed by atoms with E-state index < -0.39 is 0 Å². The molecule has 3 aromatic rings. The first kappa shape index (κ1) is 16.0. The molecule has 1 N–H and O–H groups in total. The lowest BCUT2D eigenvalue weighted by molar-refractivity contribution is 0.236. The van der Waals surface area contributed by atoms with E-state index in [-0.39, 0.29) is 0 Å². The van der Waals surface area contributed by atoms with Crippen molar-refractivity contribution in [3.63, 3.8) is 0 Å². The van der Waals surface area contributed by atoms with Gasteiger partial charge in [-0.1, -0.05) is 12.1 Å². The molecule has 0 bridgehead atoms. The van der Waals surface area contributed by atoms with Gasteiger partial charge < -0.3 is 9.88 Å². The van der Waals surface area contributed by atoms with Gasteiger partial charge in [-0.3, -0.25) is 4.90 Å². The zero-order valence-electron chi connectivity index (χ0n) is 15.0. The van der Waals surface area contributed by atoms with E-state index in [1.807, 2.05) is 20.0 Å². The molecule has 130 valence electrons. The molecule has 3 heterocycles. The first-order valence-electron chi connectivity index (χ1n) is 8.83. The molecule has 0 radical (unpaired) electrons. The van der Waals surface area contributed by atoms with Crippen LogP contribution < -0.4 is 5.32 Å². The summed E-state index contributed by atoms with van der Waals surface area (Å²) in [4.78, 5) is 16.4. The monoisotopic (exact) mass is 336 g/mol. The Balaban J connectivity index is 1.63. The van der Waals surface area contributed by atoms with Crippen LogP contribution in [0.25, 0.3) is 11.0 Å². The van der Waals surface area contributed by atoms with Crippen molar-refractivity contribution in [2.24, 2.45) is 7.05 Å². The number of aryl methyl sites for hydroxylation is 2. The van der Waals surface area contributed by atoms with E-state index in [4.69, 9.17) is 9.97 Å². The molecule has 1 saturated heterocycles. The molecule has 0 amide bonds. The van der Waals surface area contributed by atoms with Crippen LogP contribution in [0.2, 0.25) is 0 Å². The first-order valence-corrected chi connectivity index (χ1v) is 8.83. The minimum atomic E-state index is 0.327.